The number of halogens is 14. The van der Waals surface area contributed by atoms with E-state index in [4.69, 9.17) is 0 Å². The number of pyridine rings is 2. The third-order valence-corrected chi connectivity index (χ3v) is 7.50. The first-order chi connectivity index (χ1) is 25.4. The van der Waals surface area contributed by atoms with Crippen LogP contribution in [-0.2, 0) is 29.1 Å². The van der Waals surface area contributed by atoms with Gasteiger partial charge in [-0.3, -0.25) is 29.4 Å². The molecule has 9 nitrogen and oxygen atoms in total. The van der Waals surface area contributed by atoms with E-state index >= 15 is 0 Å². The number of carbonyl (C=O) groups is 2. The lowest BCUT2D eigenvalue weighted by Gasteiger charge is -2.35. The highest BCUT2D eigenvalue weighted by atomic mass is 19.4. The number of amides is 2. The van der Waals surface area contributed by atoms with Gasteiger partial charge in [0, 0.05) is 18.0 Å². The predicted molar refractivity (Wildman–Crippen MR) is 155 cm³/mol. The minimum Gasteiger partial charge on any atom is -0.423 e. The summed E-state index contributed by atoms with van der Waals surface area (Å²) >= 11 is 0. The molecule has 55 heavy (non-hydrogen) atoms. The molecule has 0 spiro atoms. The number of nitrogens with zero attached hydrogens (tertiary/aromatic N) is 4. The number of aromatic nitrogens is 2. The third kappa shape index (κ3) is 8.65. The quantitative estimate of drug-likeness (QED) is 0.202. The lowest BCUT2D eigenvalue weighted by atomic mass is 10.0. The van der Waals surface area contributed by atoms with Crippen LogP contribution in [-0.4, -0.2) is 51.5 Å². The van der Waals surface area contributed by atoms with E-state index in [0.29, 0.717) is 21.9 Å². The lowest BCUT2D eigenvalue weighted by molar-refractivity contribution is -0.211. The van der Waals surface area contributed by atoms with Gasteiger partial charge >= 0.3 is 36.4 Å². The van der Waals surface area contributed by atoms with Crippen molar-refractivity contribution < 1.29 is 85.6 Å². The number of benzene rings is 2. The largest absolute Gasteiger partial charge is 0.483 e. The van der Waals surface area contributed by atoms with E-state index in [1.54, 1.807) is 0 Å². The summed E-state index contributed by atoms with van der Waals surface area (Å²) in [6.45, 7) is -1.35. The van der Waals surface area contributed by atoms with Gasteiger partial charge in [-0.15, -0.1) is 0 Å². The van der Waals surface area contributed by atoms with Crippen LogP contribution in [0.1, 0.15) is 28.4 Å². The first-order valence-corrected chi connectivity index (χ1v) is 14.8. The second-order valence-electron chi connectivity index (χ2n) is 11.5. The SMILES string of the molecule is O=C1N(Cc2cncc(F)c2)c2ccc(F)c(C(O)C(F)(F)F)c2OC1(F)F.O=C1N(Cc2cncc(F)c2)c2ccc(F)c(CC(F)(F)F)c2OC1(F)F. The van der Waals surface area contributed by atoms with Crippen LogP contribution in [0.3, 0.4) is 0 Å². The van der Waals surface area contributed by atoms with Crippen molar-refractivity contribution in [2.75, 3.05) is 9.80 Å². The molecule has 1 N–H and O–H groups in total. The van der Waals surface area contributed by atoms with Crippen LogP contribution in [0.15, 0.2) is 61.2 Å². The summed E-state index contributed by atoms with van der Waals surface area (Å²) in [6, 6.07) is 4.41. The number of ether oxygens (including phenoxy) is 2. The monoisotopic (exact) mass is 804 g/mol. The first kappa shape index (κ1) is 40.4. The molecule has 4 heterocycles. The molecule has 0 bridgehead atoms. The fourth-order valence-corrected chi connectivity index (χ4v) is 5.23. The van der Waals surface area contributed by atoms with Crippen molar-refractivity contribution in [2.45, 2.75) is 50.2 Å². The minimum atomic E-state index is -5.40. The Kier molecular flexibility index (Phi) is 10.7. The number of fused-ring (bicyclic) bond motifs is 2. The molecular formula is C32H18F14N4O5. The normalized spacial score (nSPS) is 16.6. The standard InChI is InChI=1S/C16H9F7N2O3.C16H9F7N2O2/c17-8-3-7(4-24-5-8)6-25-10-2-1-9(18)11(13(26)15(19,20)21)12(10)28-16(22,23)14(25)27;17-9-3-8(5-24-6-9)7-25-12-2-1-11(18)10(4-15(19,20)21)13(12)27-16(22,23)14(25)26/h1-5,13,26H,6H2;1-3,5-6H,4,7H2. The second kappa shape index (κ2) is 14.5. The van der Waals surface area contributed by atoms with Crippen LogP contribution in [0, 0.1) is 23.3 Å². The number of carbonyl (C=O) groups excluding carboxylic acids is 2. The molecule has 1 unspecified atom stereocenters. The van der Waals surface area contributed by atoms with E-state index in [2.05, 4.69) is 19.4 Å². The number of hydrogen-bond donors (Lipinski definition) is 1. The van der Waals surface area contributed by atoms with Gasteiger partial charge in [-0.25, -0.2) is 17.6 Å². The molecule has 23 heteroatoms. The van der Waals surface area contributed by atoms with E-state index in [1.807, 2.05) is 0 Å². The summed E-state index contributed by atoms with van der Waals surface area (Å²) in [4.78, 5) is 31.7. The van der Waals surface area contributed by atoms with Crippen LogP contribution in [0.25, 0.3) is 0 Å². The molecule has 2 amide bonds. The zero-order chi connectivity index (χ0) is 40.8. The average Bonchev–Trinajstić information content (AvgIpc) is 3.06. The Morgan fingerprint density at radius 3 is 1.55 bits per heavy atom. The molecule has 0 saturated heterocycles. The van der Waals surface area contributed by atoms with Gasteiger partial charge in [0.1, 0.15) is 23.3 Å². The number of alkyl halides is 10. The van der Waals surface area contributed by atoms with Crippen molar-refractivity contribution in [1.29, 1.82) is 0 Å². The predicted octanol–water partition coefficient (Wildman–Crippen LogP) is 7.46. The molecule has 4 aromatic rings. The van der Waals surface area contributed by atoms with Gasteiger partial charge in [-0.2, -0.15) is 43.9 Å². The van der Waals surface area contributed by atoms with E-state index in [9.17, 15) is 76.2 Å². The molecule has 2 aromatic heterocycles. The van der Waals surface area contributed by atoms with Crippen LogP contribution in [0.5, 0.6) is 11.5 Å². The summed E-state index contributed by atoms with van der Waals surface area (Å²) in [6.07, 6.45) is -21.1. The van der Waals surface area contributed by atoms with Gasteiger partial charge in [0.25, 0.3) is 0 Å². The fraction of sp³-hybridized carbons (Fsp3) is 0.250. The molecular weight excluding hydrogens is 786 g/mol. The Balaban J connectivity index is 0.000000211. The Morgan fingerprint density at radius 1 is 0.673 bits per heavy atom. The summed E-state index contributed by atoms with van der Waals surface area (Å²) in [5.41, 5.74) is -3.97. The van der Waals surface area contributed by atoms with Gasteiger partial charge in [0.15, 0.2) is 17.6 Å². The molecule has 0 saturated carbocycles. The van der Waals surface area contributed by atoms with E-state index in [0.717, 1.165) is 49.1 Å². The molecule has 2 aliphatic heterocycles. The molecule has 0 fully saturated rings. The zero-order valence-electron chi connectivity index (χ0n) is 26.6. The smallest absolute Gasteiger partial charge is 0.423 e. The second-order valence-corrected chi connectivity index (χ2v) is 11.5. The van der Waals surface area contributed by atoms with Gasteiger partial charge in [0.05, 0.1) is 48.8 Å². The number of anilines is 2. The highest BCUT2D eigenvalue weighted by molar-refractivity contribution is 6.02. The van der Waals surface area contributed by atoms with Crippen molar-refractivity contribution in [3.05, 3.63) is 107 Å². The number of hydrogen-bond acceptors (Lipinski definition) is 7. The van der Waals surface area contributed by atoms with E-state index < -0.39 is 119 Å². The highest BCUT2D eigenvalue weighted by Gasteiger charge is 2.54. The molecule has 294 valence electrons. The van der Waals surface area contributed by atoms with Gasteiger partial charge in [-0.1, -0.05) is 0 Å². The Hall–Kier alpha value is -5.74. The van der Waals surface area contributed by atoms with Gasteiger partial charge in [-0.05, 0) is 47.5 Å². The summed E-state index contributed by atoms with van der Waals surface area (Å²) in [7, 11) is 0. The Morgan fingerprint density at radius 2 is 1.11 bits per heavy atom. The summed E-state index contributed by atoms with van der Waals surface area (Å²) < 4.78 is 195. The van der Waals surface area contributed by atoms with Gasteiger partial charge in [0.2, 0.25) is 0 Å². The molecule has 2 aliphatic rings. The fourth-order valence-electron chi connectivity index (χ4n) is 5.23. The van der Waals surface area contributed by atoms with Crippen molar-refractivity contribution in [1.82, 2.24) is 9.97 Å². The van der Waals surface area contributed by atoms with Crippen LogP contribution >= 0.6 is 0 Å². The molecule has 1 atom stereocenters. The van der Waals surface area contributed by atoms with E-state index in [1.165, 1.54) is 0 Å². The highest BCUT2D eigenvalue weighted by Crippen LogP contribution is 2.49. The van der Waals surface area contributed by atoms with Crippen LogP contribution < -0.4 is 19.3 Å². The maximum Gasteiger partial charge on any atom is 0.483 e. The zero-order valence-corrected chi connectivity index (χ0v) is 26.6. The maximum atomic E-state index is 14.0. The third-order valence-electron chi connectivity index (χ3n) is 7.50. The van der Waals surface area contributed by atoms with Crippen LogP contribution in [0.4, 0.5) is 72.8 Å². The van der Waals surface area contributed by atoms with Gasteiger partial charge < -0.3 is 14.6 Å². The average molecular weight is 804 g/mol. The Bertz CT molecular complexity index is 2130. The maximum absolute atomic E-state index is 14.0. The molecule has 6 rings (SSSR count). The van der Waals surface area contributed by atoms with Crippen molar-refractivity contribution in [3.8, 4) is 11.5 Å². The summed E-state index contributed by atoms with van der Waals surface area (Å²) in [5, 5.41) is 9.39. The Labute approximate surface area is 297 Å². The molecule has 0 radical (unpaired) electrons. The number of aliphatic hydroxyl groups excluding tert-OH is 1. The van der Waals surface area contributed by atoms with Crippen molar-refractivity contribution in [3.63, 3.8) is 0 Å². The van der Waals surface area contributed by atoms with Crippen molar-refractivity contribution >= 4 is 23.2 Å². The van der Waals surface area contributed by atoms with Crippen LogP contribution in [0.2, 0.25) is 0 Å². The lowest BCUT2D eigenvalue weighted by Crippen LogP contribution is -2.51. The molecule has 2 aromatic carbocycles. The first-order valence-electron chi connectivity index (χ1n) is 14.8. The molecule has 0 aliphatic carbocycles. The topological polar surface area (TPSA) is 105 Å². The summed E-state index contributed by atoms with van der Waals surface area (Å²) in [5.74, 6) is -11.0. The number of aliphatic hydroxyl groups is 1. The minimum absolute atomic E-state index is 0.00584. The van der Waals surface area contributed by atoms with E-state index in [-0.39, 0.29) is 11.1 Å². The number of rotatable bonds is 6. The van der Waals surface area contributed by atoms with Crippen molar-refractivity contribution in [2.24, 2.45) is 0 Å².